The predicted molar refractivity (Wildman–Crippen MR) is 74.4 cm³/mol. The molecule has 96 valence electrons. The van der Waals surface area contributed by atoms with Gasteiger partial charge in [0.2, 0.25) is 0 Å². The molecule has 0 heterocycles. The van der Waals surface area contributed by atoms with Crippen LogP contribution in [-0.4, -0.2) is 6.10 Å². The molecule has 0 radical (unpaired) electrons. The van der Waals surface area contributed by atoms with Crippen LogP contribution >= 0.6 is 0 Å². The first kappa shape index (κ1) is 13.9. The Hall–Kier alpha value is -1.18. The molecule has 0 fully saturated rings. The van der Waals surface area contributed by atoms with Crippen molar-refractivity contribution in [3.8, 4) is 5.75 Å². The fourth-order valence-electron chi connectivity index (χ4n) is 1.94. The van der Waals surface area contributed by atoms with E-state index in [1.54, 1.807) is 0 Å². The Morgan fingerprint density at radius 1 is 1.24 bits per heavy atom. The smallest absolute Gasteiger partial charge is 0.122 e. The van der Waals surface area contributed by atoms with Crippen LogP contribution in [0.5, 0.6) is 5.75 Å². The number of aryl methyl sites for hydroxylation is 1. The van der Waals surface area contributed by atoms with Crippen molar-refractivity contribution in [2.45, 2.75) is 59.0 Å². The van der Waals surface area contributed by atoms with E-state index in [0.29, 0.717) is 0 Å². The summed E-state index contributed by atoms with van der Waals surface area (Å²) in [6.45, 7) is 6.41. The van der Waals surface area contributed by atoms with Crippen LogP contribution in [0.25, 0.3) is 0 Å². The fourth-order valence-corrected chi connectivity index (χ4v) is 1.94. The van der Waals surface area contributed by atoms with Crippen molar-refractivity contribution in [1.82, 2.24) is 0 Å². The third-order valence-corrected chi connectivity index (χ3v) is 2.99. The molecule has 2 heteroatoms. The topological polar surface area (TPSA) is 35.2 Å². The van der Waals surface area contributed by atoms with Gasteiger partial charge in [0, 0.05) is 5.69 Å². The lowest BCUT2D eigenvalue weighted by atomic mass is 10.1. The minimum atomic E-state index is 0.286. The van der Waals surface area contributed by atoms with Crippen LogP contribution in [0.15, 0.2) is 18.2 Å². The molecule has 0 spiro atoms. The van der Waals surface area contributed by atoms with Gasteiger partial charge in [0.05, 0.1) is 6.10 Å². The summed E-state index contributed by atoms with van der Waals surface area (Å²) in [4.78, 5) is 0. The Morgan fingerprint density at radius 3 is 2.65 bits per heavy atom. The van der Waals surface area contributed by atoms with Crippen LogP contribution in [0.2, 0.25) is 0 Å². The summed E-state index contributed by atoms with van der Waals surface area (Å²) in [6, 6.07) is 5.82. The van der Waals surface area contributed by atoms with E-state index in [1.807, 2.05) is 25.1 Å². The molecule has 2 nitrogen and oxygen atoms in total. The number of anilines is 1. The Labute approximate surface area is 105 Å². The van der Waals surface area contributed by atoms with Gasteiger partial charge >= 0.3 is 0 Å². The molecule has 0 aliphatic carbocycles. The standard InChI is InChI=1S/C15H25NO/c1-4-5-6-7-8-13(3)17-15-10-9-14(16)11-12(15)2/h9-11,13H,4-8,16H2,1-3H3. The van der Waals surface area contributed by atoms with Gasteiger partial charge in [-0.3, -0.25) is 0 Å². The largest absolute Gasteiger partial charge is 0.490 e. The van der Waals surface area contributed by atoms with Crippen LogP contribution in [0, 0.1) is 6.92 Å². The molecule has 0 saturated heterocycles. The molecule has 0 bridgehead atoms. The SMILES string of the molecule is CCCCCCC(C)Oc1ccc(N)cc1C. The molecule has 1 aromatic carbocycles. The number of benzene rings is 1. The number of rotatable bonds is 7. The van der Waals surface area contributed by atoms with Gasteiger partial charge in [-0.05, 0) is 50.5 Å². The molecule has 2 N–H and O–H groups in total. The first-order chi connectivity index (χ1) is 8.13. The first-order valence-electron chi connectivity index (χ1n) is 6.66. The minimum absolute atomic E-state index is 0.286. The molecule has 1 aromatic rings. The van der Waals surface area contributed by atoms with Gasteiger partial charge in [-0.2, -0.15) is 0 Å². The number of unbranched alkanes of at least 4 members (excludes halogenated alkanes) is 3. The third kappa shape index (κ3) is 5.12. The van der Waals surface area contributed by atoms with E-state index in [4.69, 9.17) is 10.5 Å². The maximum atomic E-state index is 5.92. The molecular weight excluding hydrogens is 210 g/mol. The van der Waals surface area contributed by atoms with Gasteiger partial charge in [-0.15, -0.1) is 0 Å². The van der Waals surface area contributed by atoms with E-state index in [-0.39, 0.29) is 6.10 Å². The highest BCUT2D eigenvalue weighted by Crippen LogP contribution is 2.22. The number of hydrogen-bond acceptors (Lipinski definition) is 2. The fraction of sp³-hybridized carbons (Fsp3) is 0.600. The average Bonchev–Trinajstić information content (AvgIpc) is 2.28. The van der Waals surface area contributed by atoms with Crippen LogP contribution in [0.3, 0.4) is 0 Å². The lowest BCUT2D eigenvalue weighted by Gasteiger charge is -2.16. The molecule has 17 heavy (non-hydrogen) atoms. The van der Waals surface area contributed by atoms with Crippen molar-refractivity contribution in [2.24, 2.45) is 0 Å². The maximum absolute atomic E-state index is 5.92. The molecule has 0 aliphatic rings. The number of ether oxygens (including phenoxy) is 1. The first-order valence-corrected chi connectivity index (χ1v) is 6.66. The Morgan fingerprint density at radius 2 is 2.00 bits per heavy atom. The highest BCUT2D eigenvalue weighted by molar-refractivity contribution is 5.47. The van der Waals surface area contributed by atoms with Crippen molar-refractivity contribution in [3.63, 3.8) is 0 Å². The van der Waals surface area contributed by atoms with E-state index < -0.39 is 0 Å². The minimum Gasteiger partial charge on any atom is -0.490 e. The second-order valence-corrected chi connectivity index (χ2v) is 4.80. The number of nitrogens with two attached hydrogens (primary N) is 1. The Balaban J connectivity index is 2.37. The molecule has 0 aromatic heterocycles. The summed E-state index contributed by atoms with van der Waals surface area (Å²) in [7, 11) is 0. The summed E-state index contributed by atoms with van der Waals surface area (Å²) >= 11 is 0. The summed E-state index contributed by atoms with van der Waals surface area (Å²) < 4.78 is 5.92. The maximum Gasteiger partial charge on any atom is 0.122 e. The van der Waals surface area contributed by atoms with E-state index in [9.17, 15) is 0 Å². The van der Waals surface area contributed by atoms with Crippen molar-refractivity contribution in [3.05, 3.63) is 23.8 Å². The molecule has 0 saturated carbocycles. The van der Waals surface area contributed by atoms with Gasteiger partial charge < -0.3 is 10.5 Å². The zero-order valence-electron chi connectivity index (χ0n) is 11.3. The van der Waals surface area contributed by atoms with Gasteiger partial charge in [0.15, 0.2) is 0 Å². The molecule has 0 aliphatic heterocycles. The van der Waals surface area contributed by atoms with Crippen molar-refractivity contribution in [1.29, 1.82) is 0 Å². The lowest BCUT2D eigenvalue weighted by Crippen LogP contribution is -2.12. The predicted octanol–water partition coefficient (Wildman–Crippen LogP) is 4.31. The van der Waals surface area contributed by atoms with Gasteiger partial charge in [0.1, 0.15) is 5.75 Å². The highest BCUT2D eigenvalue weighted by Gasteiger charge is 2.06. The number of hydrogen-bond donors (Lipinski definition) is 1. The normalized spacial score (nSPS) is 12.4. The van der Waals surface area contributed by atoms with E-state index in [2.05, 4.69) is 13.8 Å². The summed E-state index contributed by atoms with van der Waals surface area (Å²) in [6.07, 6.45) is 6.59. The third-order valence-electron chi connectivity index (χ3n) is 2.99. The second-order valence-electron chi connectivity index (χ2n) is 4.80. The van der Waals surface area contributed by atoms with Crippen LogP contribution in [0.1, 0.15) is 51.5 Å². The summed E-state index contributed by atoms with van der Waals surface area (Å²) in [5, 5.41) is 0. The Kier molecular flexibility index (Phi) is 5.88. The highest BCUT2D eigenvalue weighted by atomic mass is 16.5. The average molecular weight is 235 g/mol. The van der Waals surface area contributed by atoms with Gasteiger partial charge in [0.25, 0.3) is 0 Å². The van der Waals surface area contributed by atoms with Gasteiger partial charge in [-0.1, -0.05) is 26.2 Å². The summed E-state index contributed by atoms with van der Waals surface area (Å²) in [5.74, 6) is 0.960. The molecule has 0 amide bonds. The van der Waals surface area contributed by atoms with Crippen LogP contribution < -0.4 is 10.5 Å². The zero-order chi connectivity index (χ0) is 12.7. The second kappa shape index (κ2) is 7.21. The molecule has 1 rings (SSSR count). The van der Waals surface area contributed by atoms with Crippen molar-refractivity contribution < 1.29 is 4.74 Å². The molecule has 1 atom stereocenters. The van der Waals surface area contributed by atoms with E-state index >= 15 is 0 Å². The van der Waals surface area contributed by atoms with Crippen LogP contribution in [0.4, 0.5) is 5.69 Å². The summed E-state index contributed by atoms with van der Waals surface area (Å²) in [5.41, 5.74) is 7.63. The van der Waals surface area contributed by atoms with Crippen molar-refractivity contribution in [2.75, 3.05) is 5.73 Å². The van der Waals surface area contributed by atoms with E-state index in [0.717, 1.165) is 23.4 Å². The molecular formula is C15H25NO. The van der Waals surface area contributed by atoms with Gasteiger partial charge in [-0.25, -0.2) is 0 Å². The van der Waals surface area contributed by atoms with E-state index in [1.165, 1.54) is 25.7 Å². The van der Waals surface area contributed by atoms with Crippen LogP contribution in [-0.2, 0) is 0 Å². The Bertz CT molecular complexity index is 336. The monoisotopic (exact) mass is 235 g/mol. The number of nitrogen functional groups attached to an aromatic ring is 1. The quantitative estimate of drug-likeness (QED) is 0.564. The van der Waals surface area contributed by atoms with Crippen molar-refractivity contribution >= 4 is 5.69 Å². The zero-order valence-corrected chi connectivity index (χ0v) is 11.3. The molecule has 1 unspecified atom stereocenters. The lowest BCUT2D eigenvalue weighted by molar-refractivity contribution is 0.205.